The van der Waals surface area contributed by atoms with E-state index in [-0.39, 0.29) is 28.7 Å². The Morgan fingerprint density at radius 3 is 2.56 bits per heavy atom. The van der Waals surface area contributed by atoms with E-state index in [9.17, 15) is 13.2 Å². The normalized spacial score (nSPS) is 27.4. The summed E-state index contributed by atoms with van der Waals surface area (Å²) in [5, 5.41) is 0.117. The van der Waals surface area contributed by atoms with Gasteiger partial charge in [-0.25, -0.2) is 13.2 Å². The molecule has 2 aromatic carbocycles. The van der Waals surface area contributed by atoms with Gasteiger partial charge in [-0.15, -0.1) is 0 Å². The smallest absolute Gasteiger partial charge is 0.142 e. The first-order chi connectivity index (χ1) is 13.0. The van der Waals surface area contributed by atoms with Gasteiger partial charge in [-0.1, -0.05) is 29.8 Å². The molecule has 2 aromatic rings. The van der Waals surface area contributed by atoms with Crippen molar-refractivity contribution in [1.82, 2.24) is 0 Å². The molecular formula is C23H22ClF3. The third kappa shape index (κ3) is 3.31. The Morgan fingerprint density at radius 1 is 1.00 bits per heavy atom. The highest BCUT2D eigenvalue weighted by Gasteiger charge is 2.43. The predicted molar refractivity (Wildman–Crippen MR) is 103 cm³/mol. The van der Waals surface area contributed by atoms with Gasteiger partial charge >= 0.3 is 0 Å². The number of halogens is 4. The van der Waals surface area contributed by atoms with Gasteiger partial charge in [-0.05, 0) is 91.2 Å². The Hall–Kier alpha value is -1.74. The molecule has 4 atom stereocenters. The van der Waals surface area contributed by atoms with Gasteiger partial charge in [0.05, 0.1) is 5.02 Å². The fourth-order valence-corrected chi connectivity index (χ4v) is 5.42. The van der Waals surface area contributed by atoms with Crippen LogP contribution >= 0.6 is 11.6 Å². The van der Waals surface area contributed by atoms with E-state index in [4.69, 9.17) is 11.6 Å². The monoisotopic (exact) mass is 390 g/mol. The molecule has 4 heteroatoms. The van der Waals surface area contributed by atoms with Crippen molar-refractivity contribution in [2.45, 2.75) is 44.4 Å². The van der Waals surface area contributed by atoms with Gasteiger partial charge in [0.25, 0.3) is 0 Å². The lowest BCUT2D eigenvalue weighted by Crippen LogP contribution is -2.35. The van der Waals surface area contributed by atoms with Gasteiger partial charge in [0.15, 0.2) is 0 Å². The molecule has 142 valence electrons. The SMILES string of the molecule is C/C=C/[C@@H]1CC[C@H]2c3cc(F)cc(F)c3CC[C@@H]2[C@H]1c1ccc(Cl)c(F)c1. The van der Waals surface area contributed by atoms with Crippen LogP contribution in [-0.2, 0) is 6.42 Å². The molecule has 0 amide bonds. The molecule has 0 N–H and O–H groups in total. The summed E-state index contributed by atoms with van der Waals surface area (Å²) in [6.07, 6.45) is 7.45. The maximum atomic E-state index is 14.3. The van der Waals surface area contributed by atoms with Crippen LogP contribution in [0.2, 0.25) is 5.02 Å². The highest BCUT2D eigenvalue weighted by atomic mass is 35.5. The molecule has 0 aromatic heterocycles. The van der Waals surface area contributed by atoms with Gasteiger partial charge in [0, 0.05) is 6.07 Å². The Morgan fingerprint density at radius 2 is 1.81 bits per heavy atom. The molecule has 27 heavy (non-hydrogen) atoms. The minimum Gasteiger partial charge on any atom is -0.207 e. The molecule has 4 rings (SSSR count). The second kappa shape index (κ2) is 7.35. The molecule has 0 unspecified atom stereocenters. The molecule has 2 aliphatic rings. The molecule has 2 aliphatic carbocycles. The van der Waals surface area contributed by atoms with Crippen molar-refractivity contribution in [3.05, 3.63) is 81.6 Å². The number of rotatable bonds is 2. The maximum absolute atomic E-state index is 14.3. The average Bonchev–Trinajstić information content (AvgIpc) is 2.64. The summed E-state index contributed by atoms with van der Waals surface area (Å²) in [5.74, 6) is -0.630. The zero-order valence-corrected chi connectivity index (χ0v) is 15.9. The molecule has 0 radical (unpaired) electrons. The van der Waals surface area contributed by atoms with Gasteiger partial charge in [-0.2, -0.15) is 0 Å². The van der Waals surface area contributed by atoms with Crippen molar-refractivity contribution in [1.29, 1.82) is 0 Å². The minimum absolute atomic E-state index is 0.101. The van der Waals surface area contributed by atoms with E-state index in [1.165, 1.54) is 12.1 Å². The molecule has 1 saturated carbocycles. The summed E-state index contributed by atoms with van der Waals surface area (Å²) in [7, 11) is 0. The Bertz CT molecular complexity index is 889. The van der Waals surface area contributed by atoms with Crippen molar-refractivity contribution >= 4 is 11.6 Å². The predicted octanol–water partition coefficient (Wildman–Crippen LogP) is 7.17. The van der Waals surface area contributed by atoms with Crippen LogP contribution in [0, 0.1) is 29.3 Å². The van der Waals surface area contributed by atoms with Crippen molar-refractivity contribution in [3.63, 3.8) is 0 Å². The fraction of sp³-hybridized carbons (Fsp3) is 0.391. The largest absolute Gasteiger partial charge is 0.207 e. The van der Waals surface area contributed by atoms with Crippen LogP contribution in [0.5, 0.6) is 0 Å². The summed E-state index contributed by atoms with van der Waals surface area (Å²) in [6.45, 7) is 1.99. The molecule has 0 spiro atoms. The van der Waals surface area contributed by atoms with Crippen molar-refractivity contribution in [2.24, 2.45) is 11.8 Å². The van der Waals surface area contributed by atoms with Crippen molar-refractivity contribution in [2.75, 3.05) is 0 Å². The van der Waals surface area contributed by atoms with E-state index in [0.717, 1.165) is 36.5 Å². The molecular weight excluding hydrogens is 369 g/mol. The van der Waals surface area contributed by atoms with Crippen molar-refractivity contribution in [3.8, 4) is 0 Å². The Balaban J connectivity index is 1.79. The van der Waals surface area contributed by atoms with E-state index < -0.39 is 17.5 Å². The van der Waals surface area contributed by atoms with E-state index in [1.807, 2.05) is 19.1 Å². The average molecular weight is 391 g/mol. The van der Waals surface area contributed by atoms with Gasteiger partial charge < -0.3 is 0 Å². The zero-order valence-electron chi connectivity index (χ0n) is 15.2. The molecule has 0 saturated heterocycles. The van der Waals surface area contributed by atoms with E-state index in [1.54, 1.807) is 6.07 Å². The van der Waals surface area contributed by atoms with Crippen LogP contribution in [0.1, 0.15) is 54.7 Å². The number of fused-ring (bicyclic) bond motifs is 3. The molecule has 1 fully saturated rings. The highest BCUT2D eigenvalue weighted by Crippen LogP contribution is 2.54. The molecule has 0 aliphatic heterocycles. The maximum Gasteiger partial charge on any atom is 0.142 e. The number of benzene rings is 2. The third-order valence-electron chi connectivity index (χ3n) is 6.34. The Labute approximate surface area is 163 Å². The summed E-state index contributed by atoms with van der Waals surface area (Å²) < 4.78 is 42.4. The lowest BCUT2D eigenvalue weighted by atomic mass is 9.58. The van der Waals surface area contributed by atoms with Crippen LogP contribution in [0.4, 0.5) is 13.2 Å². The standard InChI is InChI=1S/C23H22ClF3/c1-2-3-13-4-6-16-18(23(13)14-5-9-20(24)22(27)10-14)8-7-17-19(16)11-15(25)12-21(17)26/h2-3,5,9-13,16,18,23H,4,6-8H2,1H3/b3-2+/t13-,16-,18+,23-/m1/s1. The lowest BCUT2D eigenvalue weighted by Gasteiger charge is -2.46. The summed E-state index contributed by atoms with van der Waals surface area (Å²) >= 11 is 5.88. The van der Waals surface area contributed by atoms with Gasteiger partial charge in [-0.3, -0.25) is 0 Å². The number of allylic oxidation sites excluding steroid dienone is 2. The summed E-state index contributed by atoms with van der Waals surface area (Å²) in [6, 6.07) is 7.53. The first kappa shape index (κ1) is 18.6. The van der Waals surface area contributed by atoms with Crippen LogP contribution in [0.15, 0.2) is 42.5 Å². The lowest BCUT2D eigenvalue weighted by molar-refractivity contribution is 0.193. The minimum atomic E-state index is -0.517. The highest BCUT2D eigenvalue weighted by molar-refractivity contribution is 6.30. The summed E-state index contributed by atoms with van der Waals surface area (Å²) in [4.78, 5) is 0. The second-order valence-corrected chi connectivity index (χ2v) is 8.14. The molecule has 0 heterocycles. The molecule has 0 nitrogen and oxygen atoms in total. The zero-order chi connectivity index (χ0) is 19.1. The van der Waals surface area contributed by atoms with Gasteiger partial charge in [0.2, 0.25) is 0 Å². The third-order valence-corrected chi connectivity index (χ3v) is 6.65. The first-order valence-corrected chi connectivity index (χ1v) is 9.93. The van der Waals surface area contributed by atoms with Crippen molar-refractivity contribution < 1.29 is 13.2 Å². The van der Waals surface area contributed by atoms with E-state index in [2.05, 4.69) is 6.08 Å². The van der Waals surface area contributed by atoms with Crippen LogP contribution in [0.3, 0.4) is 0 Å². The number of hydrogen-bond acceptors (Lipinski definition) is 0. The Kier molecular flexibility index (Phi) is 5.07. The topological polar surface area (TPSA) is 0 Å². The number of hydrogen-bond donors (Lipinski definition) is 0. The summed E-state index contributed by atoms with van der Waals surface area (Å²) in [5.41, 5.74) is 2.39. The quantitative estimate of drug-likeness (QED) is 0.476. The second-order valence-electron chi connectivity index (χ2n) is 7.73. The van der Waals surface area contributed by atoms with Crippen LogP contribution in [-0.4, -0.2) is 0 Å². The van der Waals surface area contributed by atoms with E-state index >= 15 is 0 Å². The fourth-order valence-electron chi connectivity index (χ4n) is 5.31. The first-order valence-electron chi connectivity index (χ1n) is 9.55. The van der Waals surface area contributed by atoms with Crippen LogP contribution in [0.25, 0.3) is 0 Å². The van der Waals surface area contributed by atoms with Gasteiger partial charge in [0.1, 0.15) is 17.5 Å². The van der Waals surface area contributed by atoms with E-state index in [0.29, 0.717) is 12.0 Å². The molecule has 0 bridgehead atoms. The van der Waals surface area contributed by atoms with Crippen LogP contribution < -0.4 is 0 Å².